The third-order valence-corrected chi connectivity index (χ3v) is 19.4. The first-order valence-electron chi connectivity index (χ1n) is 24.9. The van der Waals surface area contributed by atoms with E-state index in [0.29, 0.717) is 74.2 Å². The van der Waals surface area contributed by atoms with Crippen molar-refractivity contribution in [1.29, 1.82) is 0 Å². The Kier molecular flexibility index (Phi) is 14.4. The maximum absolute atomic E-state index is 14.7. The number of rotatable bonds is 3. The number of hydrogen-bond acceptors (Lipinski definition) is 13. The predicted octanol–water partition coefficient (Wildman–Crippen LogP) is 8.46. The van der Waals surface area contributed by atoms with Gasteiger partial charge in [0.15, 0.2) is 17.5 Å². The highest BCUT2D eigenvalue weighted by Gasteiger charge is 2.59. The zero-order chi connectivity index (χ0) is 45.9. The number of carbonyl (C=O) groups excluding carboxylic acids is 2. The zero-order valence-corrected chi connectivity index (χ0v) is 40.4. The third kappa shape index (κ3) is 10.2. The molecule has 12 nitrogen and oxygen atoms in total. The molecule has 2 aromatic rings. The van der Waals surface area contributed by atoms with Crippen LogP contribution in [-0.4, -0.2) is 80.0 Å². The van der Waals surface area contributed by atoms with Crippen LogP contribution in [0.4, 0.5) is 5.82 Å². The number of aliphatic hydroxyl groups is 1. The van der Waals surface area contributed by atoms with Crippen molar-refractivity contribution in [1.82, 2.24) is 15.2 Å². The normalized spacial score (nSPS) is 34.1. The summed E-state index contributed by atoms with van der Waals surface area (Å²) in [5.41, 5.74) is 16.1. The van der Waals surface area contributed by atoms with Crippen LogP contribution < -0.4 is 21.5 Å². The number of aromatic hydroxyl groups is 1. The third-order valence-electron chi connectivity index (χ3n) is 16.1. The second kappa shape index (κ2) is 20.3. The SMILES string of the molecule is CC(=O)OC1CCc2cc(c(O)c3c2C=CC2CCCC2O3)CN2CC(Cc3ccnc(N)c3)(CC2=O)C2C#CCC3CCC4(CCCC4(NC(N)=NC2)SSCCCCCCC(O)C1)C3. The molecule has 9 atom stereocenters. The van der Waals surface area contributed by atoms with Crippen molar-refractivity contribution >= 4 is 51.3 Å². The Labute approximate surface area is 399 Å². The molecule has 4 fully saturated rings. The lowest BCUT2D eigenvalue weighted by Crippen LogP contribution is -2.56. The Hall–Kier alpha value is -4.06. The number of amides is 1. The molecular formula is C52H70N6O6S2. The van der Waals surface area contributed by atoms with Gasteiger partial charge in [0, 0.05) is 85.0 Å². The first-order chi connectivity index (χ1) is 31.9. The molecule has 356 valence electrons. The number of guanidine groups is 1. The average Bonchev–Trinajstić information content (AvgIpc) is 4.03. The molecule has 3 aliphatic carbocycles. The topological polar surface area (TPSA) is 186 Å². The molecule has 4 aliphatic heterocycles. The van der Waals surface area contributed by atoms with Crippen LogP contribution in [0.5, 0.6) is 11.5 Å². The number of hydrogen-bond donors (Lipinski definition) is 5. The van der Waals surface area contributed by atoms with E-state index >= 15 is 0 Å². The molecule has 1 aromatic heterocycles. The van der Waals surface area contributed by atoms with E-state index in [1.54, 1.807) is 6.20 Å². The fourth-order valence-corrected chi connectivity index (χ4v) is 16.3. The summed E-state index contributed by atoms with van der Waals surface area (Å²) in [6, 6.07) is 5.87. The van der Waals surface area contributed by atoms with Crippen LogP contribution in [0, 0.1) is 40.4 Å². The Balaban J connectivity index is 1.10. The lowest BCUT2D eigenvalue weighted by atomic mass is 9.70. The number of ether oxygens (including phenoxy) is 2. The quantitative estimate of drug-likeness (QED) is 0.113. The summed E-state index contributed by atoms with van der Waals surface area (Å²) in [7, 11) is 3.93. The molecule has 3 saturated carbocycles. The summed E-state index contributed by atoms with van der Waals surface area (Å²) in [4.78, 5) is 38.1. The van der Waals surface area contributed by atoms with Gasteiger partial charge in [-0.3, -0.25) is 14.6 Å². The Bertz CT molecular complexity index is 2250. The lowest BCUT2D eigenvalue weighted by molar-refractivity contribution is -0.148. The molecule has 1 saturated heterocycles. The van der Waals surface area contributed by atoms with Gasteiger partial charge < -0.3 is 41.4 Å². The van der Waals surface area contributed by atoms with Crippen molar-refractivity contribution in [2.45, 2.75) is 165 Å². The highest BCUT2D eigenvalue weighted by atomic mass is 33.1. The van der Waals surface area contributed by atoms with Gasteiger partial charge in [-0.15, -0.1) is 5.92 Å². The summed E-state index contributed by atoms with van der Waals surface area (Å²) in [5.74, 6) is 9.86. The van der Waals surface area contributed by atoms with Gasteiger partial charge in [0.1, 0.15) is 22.9 Å². The van der Waals surface area contributed by atoms with E-state index in [0.717, 1.165) is 106 Å². The first-order valence-corrected chi connectivity index (χ1v) is 27.2. The number of benzene rings is 1. The van der Waals surface area contributed by atoms with Crippen LogP contribution >= 0.6 is 21.6 Å². The molecule has 8 bridgehead atoms. The number of nitrogens with zero attached hydrogens (tertiary/aromatic N) is 3. The zero-order valence-electron chi connectivity index (χ0n) is 38.7. The maximum Gasteiger partial charge on any atom is 0.302 e. The number of phenolic OH excluding ortho intramolecular Hbond substituents is 1. The van der Waals surface area contributed by atoms with Gasteiger partial charge in [-0.1, -0.05) is 58.9 Å². The predicted molar refractivity (Wildman–Crippen MR) is 263 cm³/mol. The number of aliphatic imine (C=N–C) groups is 1. The molecule has 2 spiro atoms. The summed E-state index contributed by atoms with van der Waals surface area (Å²) in [6.07, 6.45) is 22.4. The van der Waals surface area contributed by atoms with Crippen molar-refractivity contribution in [2.75, 3.05) is 24.6 Å². The standard InChI is InChI=1S/C52H70N6O6S2/c1-34(59)63-42-16-14-38-26-39(47(62)48-43(38)17-15-37-10-7-13-44(37)64-48)32-58-33-50(30-46(58)61,28-36-19-23-55-45(53)25-36)40-11-6-9-35-18-22-51(29-35)20-8-21-52(51,57-49(54)56-31-40)66-65-24-5-3-2-4-12-41(60)27-42/h15,17,19,23,25-26,35,37,40-42,44,60,62H,2-5,7-10,12-14,16,18,20-22,24,27-33H2,1H3,(H2,53,55)(H3,54,56,57). The summed E-state index contributed by atoms with van der Waals surface area (Å²) in [5, 5.41) is 27.4. The number of phenols is 1. The van der Waals surface area contributed by atoms with Gasteiger partial charge in [0.2, 0.25) is 5.91 Å². The van der Waals surface area contributed by atoms with Gasteiger partial charge in [0.25, 0.3) is 0 Å². The van der Waals surface area contributed by atoms with Crippen molar-refractivity contribution < 1.29 is 29.3 Å². The van der Waals surface area contributed by atoms with Crippen molar-refractivity contribution in [2.24, 2.45) is 39.3 Å². The van der Waals surface area contributed by atoms with Crippen molar-refractivity contribution in [3.63, 3.8) is 0 Å². The first kappa shape index (κ1) is 47.0. The molecule has 9 rings (SSSR count). The van der Waals surface area contributed by atoms with Crippen LogP contribution in [0.25, 0.3) is 6.08 Å². The summed E-state index contributed by atoms with van der Waals surface area (Å²) >= 11 is 0. The maximum atomic E-state index is 14.7. The minimum absolute atomic E-state index is 0.0206. The number of carbonyl (C=O) groups is 2. The Morgan fingerprint density at radius 2 is 1.94 bits per heavy atom. The number of nitrogens with one attached hydrogen (secondary N) is 1. The van der Waals surface area contributed by atoms with E-state index in [1.807, 2.05) is 44.7 Å². The van der Waals surface area contributed by atoms with Gasteiger partial charge in [-0.2, -0.15) is 0 Å². The molecule has 7 N–H and O–H groups in total. The highest BCUT2D eigenvalue weighted by molar-refractivity contribution is 8.77. The molecule has 66 heavy (non-hydrogen) atoms. The number of aryl methyl sites for hydroxylation is 1. The van der Waals surface area contributed by atoms with Crippen LogP contribution in [0.1, 0.15) is 145 Å². The van der Waals surface area contributed by atoms with Crippen LogP contribution in [0.15, 0.2) is 35.5 Å². The van der Waals surface area contributed by atoms with E-state index in [2.05, 4.69) is 34.3 Å². The van der Waals surface area contributed by atoms with Crippen LogP contribution in [0.2, 0.25) is 0 Å². The van der Waals surface area contributed by atoms with E-state index in [4.69, 9.17) is 25.9 Å². The number of fused-ring (bicyclic) bond motifs is 12. The molecule has 0 radical (unpaired) electrons. The molecule has 7 aliphatic rings. The van der Waals surface area contributed by atoms with Gasteiger partial charge in [-0.05, 0) is 125 Å². The van der Waals surface area contributed by atoms with Crippen molar-refractivity contribution in [3.8, 4) is 23.3 Å². The van der Waals surface area contributed by atoms with Crippen molar-refractivity contribution in [3.05, 3.63) is 52.7 Å². The number of aliphatic hydroxyl groups excluding tert-OH is 1. The van der Waals surface area contributed by atoms with Gasteiger partial charge >= 0.3 is 5.97 Å². The largest absolute Gasteiger partial charge is 0.504 e. The number of pyridine rings is 1. The van der Waals surface area contributed by atoms with Crippen LogP contribution in [-0.2, 0) is 33.7 Å². The molecule has 1 amide bonds. The van der Waals surface area contributed by atoms with E-state index in [9.17, 15) is 19.8 Å². The second-order valence-corrected chi connectivity index (χ2v) is 23.4. The Morgan fingerprint density at radius 1 is 1.06 bits per heavy atom. The van der Waals surface area contributed by atoms with E-state index in [-0.39, 0.29) is 58.8 Å². The summed E-state index contributed by atoms with van der Waals surface area (Å²) < 4.78 is 12.6. The number of esters is 1. The monoisotopic (exact) mass is 938 g/mol. The van der Waals surface area contributed by atoms with E-state index in [1.165, 1.54) is 13.3 Å². The molecule has 9 unspecified atom stereocenters. The fourth-order valence-electron chi connectivity index (χ4n) is 12.8. The number of aromatic nitrogens is 1. The average molecular weight is 939 g/mol. The number of nitrogens with two attached hydrogens (primary N) is 2. The molecular weight excluding hydrogens is 869 g/mol. The highest BCUT2D eigenvalue weighted by Crippen LogP contribution is 2.64. The van der Waals surface area contributed by atoms with Gasteiger partial charge in [-0.25, -0.2) is 4.98 Å². The molecule has 14 heteroatoms. The number of anilines is 1. The fraction of sp³-hybridized carbons (Fsp3) is 0.654. The minimum atomic E-state index is -0.648. The molecule has 5 heterocycles. The molecule has 1 aromatic carbocycles. The summed E-state index contributed by atoms with van der Waals surface area (Å²) in [6.45, 7) is 2.33. The second-order valence-electron chi connectivity index (χ2n) is 20.7. The number of nitrogen functional groups attached to an aromatic ring is 1. The van der Waals surface area contributed by atoms with Crippen LogP contribution in [0.3, 0.4) is 0 Å². The lowest BCUT2D eigenvalue weighted by Gasteiger charge is -2.44. The smallest absolute Gasteiger partial charge is 0.302 e. The van der Waals surface area contributed by atoms with E-state index < -0.39 is 17.6 Å². The Morgan fingerprint density at radius 3 is 2.80 bits per heavy atom. The minimum Gasteiger partial charge on any atom is -0.504 e. The van der Waals surface area contributed by atoms with Gasteiger partial charge in [0.05, 0.1) is 12.6 Å².